The molecule has 0 amide bonds. The van der Waals surface area contributed by atoms with Gasteiger partial charge in [0.15, 0.2) is 0 Å². The largest absolute Gasteiger partial charge is 0.330 e. The van der Waals surface area contributed by atoms with Crippen molar-refractivity contribution in [3.05, 3.63) is 33.8 Å². The summed E-state index contributed by atoms with van der Waals surface area (Å²) in [6.07, 6.45) is 3.82. The molecule has 2 rings (SSSR count). The fraction of sp³-hybridized carbons (Fsp3) is 0.647. The van der Waals surface area contributed by atoms with Gasteiger partial charge in [0.2, 0.25) is 0 Å². The monoisotopic (exact) mass is 338 g/mol. The van der Waals surface area contributed by atoms with E-state index in [0.717, 1.165) is 6.54 Å². The first-order valence-corrected chi connectivity index (χ1v) is 8.55. The molecular weight excluding hydrogens is 312 g/mol. The molecule has 2 N–H and O–H groups in total. The number of halogens is 1. The number of nitrogens with two attached hydrogens (primary N) is 1. The number of benzene rings is 1. The molecular formula is C17H27BrN2. The van der Waals surface area contributed by atoms with E-state index >= 15 is 0 Å². The Kier molecular flexibility index (Phi) is 5.65. The second-order valence-corrected chi connectivity index (χ2v) is 7.15. The fourth-order valence-corrected chi connectivity index (χ4v) is 4.13. The molecule has 1 aromatic carbocycles. The molecule has 0 spiro atoms. The van der Waals surface area contributed by atoms with Gasteiger partial charge in [-0.25, -0.2) is 0 Å². The molecule has 3 heteroatoms. The highest BCUT2D eigenvalue weighted by atomic mass is 79.9. The van der Waals surface area contributed by atoms with E-state index in [1.807, 2.05) is 0 Å². The summed E-state index contributed by atoms with van der Waals surface area (Å²) in [7, 11) is 0. The summed E-state index contributed by atoms with van der Waals surface area (Å²) in [6, 6.07) is 7.73. The summed E-state index contributed by atoms with van der Waals surface area (Å²) < 4.78 is 1.23. The Morgan fingerprint density at radius 2 is 2.10 bits per heavy atom. The van der Waals surface area contributed by atoms with E-state index in [0.29, 0.717) is 18.0 Å². The predicted octanol–water partition coefficient (Wildman–Crippen LogP) is 4.27. The van der Waals surface area contributed by atoms with Crippen LogP contribution in [-0.2, 0) is 0 Å². The van der Waals surface area contributed by atoms with Gasteiger partial charge in [-0.05, 0) is 69.8 Å². The van der Waals surface area contributed by atoms with Gasteiger partial charge in [-0.2, -0.15) is 0 Å². The van der Waals surface area contributed by atoms with E-state index in [9.17, 15) is 0 Å². The third-order valence-electron chi connectivity index (χ3n) is 4.49. The Morgan fingerprint density at radius 1 is 1.35 bits per heavy atom. The zero-order valence-corrected chi connectivity index (χ0v) is 14.5. The Hall–Kier alpha value is -0.380. The topological polar surface area (TPSA) is 29.3 Å². The van der Waals surface area contributed by atoms with E-state index in [2.05, 4.69) is 59.8 Å². The van der Waals surface area contributed by atoms with Gasteiger partial charge in [-0.3, -0.25) is 4.90 Å². The summed E-state index contributed by atoms with van der Waals surface area (Å²) >= 11 is 3.77. The highest BCUT2D eigenvalue weighted by Gasteiger charge is 2.32. The Labute approximate surface area is 131 Å². The SMILES string of the molecule is Cc1ccc(C2C(CN)CCCCN2C(C)C)c(Br)c1. The van der Waals surface area contributed by atoms with Crippen LogP contribution < -0.4 is 5.73 Å². The third kappa shape index (κ3) is 3.44. The molecule has 1 aliphatic heterocycles. The molecule has 2 atom stereocenters. The van der Waals surface area contributed by atoms with E-state index in [1.54, 1.807) is 0 Å². The van der Waals surface area contributed by atoms with E-state index < -0.39 is 0 Å². The molecule has 1 aromatic rings. The van der Waals surface area contributed by atoms with E-state index in [-0.39, 0.29) is 0 Å². The standard InChI is InChI=1S/C17H27BrN2/c1-12(2)20-9-5-4-6-14(11-19)17(20)15-8-7-13(3)10-16(15)18/h7-8,10,12,14,17H,4-6,9,11,19H2,1-3H3. The van der Waals surface area contributed by atoms with Crippen LogP contribution in [0.25, 0.3) is 0 Å². The number of hydrogen-bond acceptors (Lipinski definition) is 2. The lowest BCUT2D eigenvalue weighted by atomic mass is 9.88. The van der Waals surface area contributed by atoms with Crippen LogP contribution >= 0.6 is 15.9 Å². The van der Waals surface area contributed by atoms with Crippen molar-refractivity contribution < 1.29 is 0 Å². The number of rotatable bonds is 3. The van der Waals surface area contributed by atoms with Gasteiger partial charge < -0.3 is 5.73 Å². The summed E-state index contributed by atoms with van der Waals surface area (Å²) in [5.74, 6) is 0.555. The zero-order chi connectivity index (χ0) is 14.7. The van der Waals surface area contributed by atoms with Gasteiger partial charge in [-0.15, -0.1) is 0 Å². The van der Waals surface area contributed by atoms with Gasteiger partial charge in [0.1, 0.15) is 0 Å². The molecule has 1 saturated heterocycles. The van der Waals surface area contributed by atoms with Gasteiger partial charge in [0.25, 0.3) is 0 Å². The van der Waals surface area contributed by atoms with Crippen LogP contribution in [0.3, 0.4) is 0 Å². The van der Waals surface area contributed by atoms with Gasteiger partial charge in [0.05, 0.1) is 0 Å². The fourth-order valence-electron chi connectivity index (χ4n) is 3.40. The first-order chi connectivity index (χ1) is 9.54. The van der Waals surface area contributed by atoms with Gasteiger partial charge in [-0.1, -0.05) is 34.5 Å². The van der Waals surface area contributed by atoms with Crippen molar-refractivity contribution in [1.29, 1.82) is 0 Å². The predicted molar refractivity (Wildman–Crippen MR) is 89.9 cm³/mol. The van der Waals surface area contributed by atoms with Crippen molar-refractivity contribution in [2.45, 2.75) is 52.1 Å². The maximum atomic E-state index is 6.10. The van der Waals surface area contributed by atoms with Crippen LogP contribution in [0, 0.1) is 12.8 Å². The number of hydrogen-bond donors (Lipinski definition) is 1. The molecule has 1 aliphatic rings. The first kappa shape index (κ1) is 16.0. The third-order valence-corrected chi connectivity index (χ3v) is 5.17. The maximum Gasteiger partial charge on any atom is 0.0402 e. The molecule has 2 nitrogen and oxygen atoms in total. The Balaban J connectivity index is 2.43. The van der Waals surface area contributed by atoms with Gasteiger partial charge in [0, 0.05) is 16.6 Å². The summed E-state index contributed by atoms with van der Waals surface area (Å²) in [5, 5.41) is 0. The van der Waals surface area contributed by atoms with E-state index in [4.69, 9.17) is 5.73 Å². The molecule has 0 aliphatic carbocycles. The second kappa shape index (κ2) is 7.06. The Morgan fingerprint density at radius 3 is 2.70 bits per heavy atom. The molecule has 1 fully saturated rings. The van der Waals surface area contributed by atoms with Crippen molar-refractivity contribution in [2.75, 3.05) is 13.1 Å². The molecule has 20 heavy (non-hydrogen) atoms. The van der Waals surface area contributed by atoms with Crippen LogP contribution in [0.4, 0.5) is 0 Å². The first-order valence-electron chi connectivity index (χ1n) is 7.76. The average molecular weight is 339 g/mol. The quantitative estimate of drug-likeness (QED) is 0.891. The molecule has 0 saturated carbocycles. The molecule has 2 unspecified atom stereocenters. The van der Waals surface area contributed by atoms with Crippen LogP contribution in [0.1, 0.15) is 50.3 Å². The normalized spacial score (nSPS) is 24.9. The number of nitrogens with zero attached hydrogens (tertiary/aromatic N) is 1. The van der Waals surface area contributed by atoms with Crippen LogP contribution in [0.15, 0.2) is 22.7 Å². The van der Waals surface area contributed by atoms with Crippen LogP contribution in [-0.4, -0.2) is 24.0 Å². The lowest BCUT2D eigenvalue weighted by Gasteiger charge is -2.38. The Bertz CT molecular complexity index is 445. The minimum absolute atomic E-state index is 0.442. The van der Waals surface area contributed by atoms with Crippen molar-refractivity contribution in [1.82, 2.24) is 4.90 Å². The van der Waals surface area contributed by atoms with Crippen molar-refractivity contribution in [3.8, 4) is 0 Å². The average Bonchev–Trinajstić information content (AvgIpc) is 2.61. The van der Waals surface area contributed by atoms with Gasteiger partial charge >= 0.3 is 0 Å². The number of likely N-dealkylation sites (tertiary alicyclic amines) is 1. The smallest absolute Gasteiger partial charge is 0.0402 e. The summed E-state index contributed by atoms with van der Waals surface area (Å²) in [5.41, 5.74) is 8.81. The van der Waals surface area contributed by atoms with Crippen molar-refractivity contribution in [2.24, 2.45) is 11.7 Å². The molecule has 1 heterocycles. The highest BCUT2D eigenvalue weighted by Crippen LogP contribution is 2.39. The zero-order valence-electron chi connectivity index (χ0n) is 12.9. The second-order valence-electron chi connectivity index (χ2n) is 6.29. The van der Waals surface area contributed by atoms with Crippen molar-refractivity contribution >= 4 is 15.9 Å². The molecule has 112 valence electrons. The van der Waals surface area contributed by atoms with Crippen molar-refractivity contribution in [3.63, 3.8) is 0 Å². The molecule has 0 radical (unpaired) electrons. The van der Waals surface area contributed by atoms with Crippen LogP contribution in [0.5, 0.6) is 0 Å². The van der Waals surface area contributed by atoms with E-state index in [1.165, 1.54) is 41.4 Å². The molecule has 0 aromatic heterocycles. The number of aryl methyl sites for hydroxylation is 1. The summed E-state index contributed by atoms with van der Waals surface area (Å²) in [6.45, 7) is 8.69. The minimum Gasteiger partial charge on any atom is -0.330 e. The minimum atomic E-state index is 0.442. The lowest BCUT2D eigenvalue weighted by Crippen LogP contribution is -2.40. The molecule has 0 bridgehead atoms. The summed E-state index contributed by atoms with van der Waals surface area (Å²) in [4.78, 5) is 2.64. The lowest BCUT2D eigenvalue weighted by molar-refractivity contribution is 0.121. The van der Waals surface area contributed by atoms with Crippen LogP contribution in [0.2, 0.25) is 0 Å². The maximum absolute atomic E-state index is 6.10. The highest BCUT2D eigenvalue weighted by molar-refractivity contribution is 9.10.